The Balaban J connectivity index is 1.76. The van der Waals surface area contributed by atoms with Crippen LogP contribution in [0.25, 0.3) is 0 Å². The Kier molecular flexibility index (Phi) is 10.0. The van der Waals surface area contributed by atoms with Crippen LogP contribution in [-0.2, 0) is 14.8 Å². The predicted molar refractivity (Wildman–Crippen MR) is 143 cm³/mol. The largest absolute Gasteiger partial charge is 0.455 e. The summed E-state index contributed by atoms with van der Waals surface area (Å²) in [7, 11) is -3.70. The molecular formula is C26H29ClN2O4S2. The van der Waals surface area contributed by atoms with E-state index in [9.17, 15) is 13.2 Å². The van der Waals surface area contributed by atoms with Gasteiger partial charge in [0.05, 0.1) is 10.6 Å². The average molecular weight is 533 g/mol. The number of nitrogens with zero attached hydrogens (tertiary/aromatic N) is 1. The van der Waals surface area contributed by atoms with Gasteiger partial charge in [-0.25, -0.2) is 8.42 Å². The van der Waals surface area contributed by atoms with Crippen LogP contribution >= 0.6 is 23.4 Å². The van der Waals surface area contributed by atoms with E-state index < -0.39 is 10.0 Å². The van der Waals surface area contributed by atoms with Crippen LogP contribution in [0, 0.1) is 0 Å². The highest BCUT2D eigenvalue weighted by atomic mass is 35.5. The molecule has 0 aliphatic rings. The number of carbonyl (C=O) groups is 1. The molecule has 186 valence electrons. The van der Waals surface area contributed by atoms with Crippen LogP contribution < -0.4 is 10.1 Å². The van der Waals surface area contributed by atoms with Crippen LogP contribution in [0.3, 0.4) is 0 Å². The molecule has 6 nitrogen and oxygen atoms in total. The number of anilines is 1. The minimum atomic E-state index is -3.70. The molecule has 0 fully saturated rings. The van der Waals surface area contributed by atoms with Gasteiger partial charge in [-0.3, -0.25) is 4.79 Å². The molecule has 3 aromatic rings. The Labute approximate surface area is 216 Å². The number of hydrogen-bond acceptors (Lipinski definition) is 5. The molecule has 0 aliphatic heterocycles. The van der Waals surface area contributed by atoms with Gasteiger partial charge in [-0.05, 0) is 66.8 Å². The van der Waals surface area contributed by atoms with Crippen molar-refractivity contribution in [3.05, 3.63) is 77.8 Å². The lowest BCUT2D eigenvalue weighted by Crippen LogP contribution is -2.30. The standard InChI is InChI=1S/C26H29ClN2O4S2/c1-3-29(4-2)35(31,32)23-16-17-25(33-21-14-12-20(27)13-15-21)24(19-23)28-26(30)11-8-18-34-22-9-6-5-7-10-22/h5-7,9-10,12-17,19H,3-4,8,11,18H2,1-2H3,(H,28,30). The molecule has 0 saturated carbocycles. The summed E-state index contributed by atoms with van der Waals surface area (Å²) in [5.41, 5.74) is 0.300. The number of thioether (sulfide) groups is 1. The number of hydrogen-bond donors (Lipinski definition) is 1. The van der Waals surface area contributed by atoms with Gasteiger partial charge in [0.25, 0.3) is 0 Å². The lowest BCUT2D eigenvalue weighted by atomic mass is 10.2. The first-order chi connectivity index (χ1) is 16.8. The van der Waals surface area contributed by atoms with E-state index in [1.165, 1.54) is 16.4 Å². The quantitative estimate of drug-likeness (QED) is 0.208. The van der Waals surface area contributed by atoms with Gasteiger partial charge in [0.2, 0.25) is 15.9 Å². The zero-order valence-electron chi connectivity index (χ0n) is 19.7. The Hall–Kier alpha value is -2.52. The summed E-state index contributed by atoms with van der Waals surface area (Å²) in [6, 6.07) is 21.3. The topological polar surface area (TPSA) is 75.7 Å². The molecule has 0 bridgehead atoms. The third-order valence-corrected chi connectivity index (χ3v) is 8.57. The maximum Gasteiger partial charge on any atom is 0.243 e. The van der Waals surface area contributed by atoms with Crippen molar-refractivity contribution >= 4 is 45.0 Å². The Morgan fingerprint density at radius 3 is 2.34 bits per heavy atom. The Morgan fingerprint density at radius 1 is 1.00 bits per heavy atom. The number of amides is 1. The molecule has 0 aromatic heterocycles. The van der Waals surface area contributed by atoms with E-state index in [0.29, 0.717) is 48.1 Å². The van der Waals surface area contributed by atoms with Crippen molar-refractivity contribution in [3.8, 4) is 11.5 Å². The number of carbonyl (C=O) groups excluding carboxylic acids is 1. The molecule has 9 heteroatoms. The van der Waals surface area contributed by atoms with Gasteiger partial charge in [-0.1, -0.05) is 43.6 Å². The predicted octanol–water partition coefficient (Wildman–Crippen LogP) is 6.67. The minimum absolute atomic E-state index is 0.0968. The zero-order valence-corrected chi connectivity index (χ0v) is 22.1. The SMILES string of the molecule is CCN(CC)S(=O)(=O)c1ccc(Oc2ccc(Cl)cc2)c(NC(=O)CCCSc2ccccc2)c1. The first kappa shape index (κ1) is 27.1. The highest BCUT2D eigenvalue weighted by molar-refractivity contribution is 7.99. The van der Waals surface area contributed by atoms with Crippen molar-refractivity contribution < 1.29 is 17.9 Å². The number of rotatable bonds is 12. The molecule has 0 atom stereocenters. The first-order valence-electron chi connectivity index (χ1n) is 11.4. The van der Waals surface area contributed by atoms with E-state index in [1.54, 1.807) is 55.9 Å². The number of nitrogens with one attached hydrogen (secondary N) is 1. The molecule has 1 amide bonds. The first-order valence-corrected chi connectivity index (χ1v) is 14.2. The van der Waals surface area contributed by atoms with Gasteiger partial charge >= 0.3 is 0 Å². The average Bonchev–Trinajstić information content (AvgIpc) is 2.85. The van der Waals surface area contributed by atoms with E-state index >= 15 is 0 Å². The number of benzene rings is 3. The van der Waals surface area contributed by atoms with E-state index in [-0.39, 0.29) is 10.8 Å². The molecule has 0 saturated heterocycles. The maximum atomic E-state index is 13.0. The normalized spacial score (nSPS) is 11.4. The van der Waals surface area contributed by atoms with E-state index in [2.05, 4.69) is 5.32 Å². The lowest BCUT2D eigenvalue weighted by molar-refractivity contribution is -0.116. The highest BCUT2D eigenvalue weighted by Gasteiger charge is 2.23. The van der Waals surface area contributed by atoms with Gasteiger partial charge in [0.15, 0.2) is 5.75 Å². The second-order valence-electron chi connectivity index (χ2n) is 7.62. The van der Waals surface area contributed by atoms with E-state index in [0.717, 1.165) is 10.6 Å². The minimum Gasteiger partial charge on any atom is -0.455 e. The van der Waals surface area contributed by atoms with Crippen molar-refractivity contribution in [2.75, 3.05) is 24.2 Å². The molecule has 0 heterocycles. The summed E-state index contributed by atoms with van der Waals surface area (Å²) >= 11 is 7.65. The van der Waals surface area contributed by atoms with Crippen LogP contribution in [0.4, 0.5) is 5.69 Å². The summed E-state index contributed by atoms with van der Waals surface area (Å²) in [4.78, 5) is 14.0. The molecule has 0 aliphatic carbocycles. The summed E-state index contributed by atoms with van der Waals surface area (Å²) in [6.07, 6.45) is 0.976. The molecule has 3 aromatic carbocycles. The maximum absolute atomic E-state index is 13.0. The fourth-order valence-corrected chi connectivity index (χ4v) is 5.84. The second kappa shape index (κ2) is 13.0. The highest BCUT2D eigenvalue weighted by Crippen LogP contribution is 2.33. The fraction of sp³-hybridized carbons (Fsp3) is 0.269. The van der Waals surface area contributed by atoms with Crippen LogP contribution in [0.2, 0.25) is 5.02 Å². The van der Waals surface area contributed by atoms with Gasteiger partial charge in [-0.15, -0.1) is 11.8 Å². The molecule has 3 rings (SSSR count). The summed E-state index contributed by atoms with van der Waals surface area (Å²) in [5.74, 6) is 1.44. The van der Waals surface area contributed by atoms with E-state index in [1.807, 2.05) is 30.3 Å². The van der Waals surface area contributed by atoms with Gasteiger partial charge in [0, 0.05) is 29.4 Å². The molecule has 0 spiro atoms. The Morgan fingerprint density at radius 2 is 1.69 bits per heavy atom. The lowest BCUT2D eigenvalue weighted by Gasteiger charge is -2.20. The molecular weight excluding hydrogens is 504 g/mol. The monoisotopic (exact) mass is 532 g/mol. The summed E-state index contributed by atoms with van der Waals surface area (Å²) < 4.78 is 33.4. The summed E-state index contributed by atoms with van der Waals surface area (Å²) in [6.45, 7) is 4.27. The van der Waals surface area contributed by atoms with Crippen LogP contribution in [-0.4, -0.2) is 37.5 Å². The van der Waals surface area contributed by atoms with Crippen LogP contribution in [0.1, 0.15) is 26.7 Å². The number of halogens is 1. The van der Waals surface area contributed by atoms with Crippen molar-refractivity contribution in [2.45, 2.75) is 36.5 Å². The molecule has 35 heavy (non-hydrogen) atoms. The second-order valence-corrected chi connectivity index (χ2v) is 11.2. The third kappa shape index (κ3) is 7.73. The van der Waals surface area contributed by atoms with Crippen molar-refractivity contribution in [2.24, 2.45) is 0 Å². The molecule has 0 unspecified atom stereocenters. The zero-order chi connectivity index (χ0) is 25.3. The van der Waals surface area contributed by atoms with Crippen LogP contribution in [0.15, 0.2) is 82.6 Å². The van der Waals surface area contributed by atoms with E-state index in [4.69, 9.17) is 16.3 Å². The van der Waals surface area contributed by atoms with Gasteiger partial charge in [0.1, 0.15) is 5.75 Å². The number of sulfonamides is 1. The molecule has 0 radical (unpaired) electrons. The Bertz CT molecular complexity index is 1220. The van der Waals surface area contributed by atoms with Crippen LogP contribution in [0.5, 0.6) is 11.5 Å². The fourth-order valence-electron chi connectivity index (χ4n) is 3.35. The van der Waals surface area contributed by atoms with Crippen molar-refractivity contribution in [1.29, 1.82) is 0 Å². The van der Waals surface area contributed by atoms with Gasteiger partial charge < -0.3 is 10.1 Å². The molecule has 1 N–H and O–H groups in total. The smallest absolute Gasteiger partial charge is 0.243 e. The van der Waals surface area contributed by atoms with Gasteiger partial charge in [-0.2, -0.15) is 4.31 Å². The number of ether oxygens (including phenoxy) is 1. The third-order valence-electron chi connectivity index (χ3n) is 5.17. The summed E-state index contributed by atoms with van der Waals surface area (Å²) in [5, 5.41) is 3.42. The van der Waals surface area contributed by atoms with Crippen molar-refractivity contribution in [3.63, 3.8) is 0 Å². The van der Waals surface area contributed by atoms with Crippen molar-refractivity contribution in [1.82, 2.24) is 4.31 Å².